The zero-order valence-corrected chi connectivity index (χ0v) is 12.5. The zero-order chi connectivity index (χ0) is 13.8. The summed E-state index contributed by atoms with van der Waals surface area (Å²) < 4.78 is 0. The van der Waals surface area contributed by atoms with Crippen molar-refractivity contribution < 1.29 is 4.79 Å². The molecule has 1 aliphatic carbocycles. The van der Waals surface area contributed by atoms with Crippen molar-refractivity contribution in [3.63, 3.8) is 0 Å². The van der Waals surface area contributed by atoms with Gasteiger partial charge in [0.1, 0.15) is 0 Å². The van der Waals surface area contributed by atoms with E-state index in [0.717, 1.165) is 32.4 Å². The van der Waals surface area contributed by atoms with Crippen LogP contribution in [0.15, 0.2) is 0 Å². The largest absolute Gasteiger partial charge is 0.344 e. The Morgan fingerprint density at radius 2 is 1.95 bits per heavy atom. The van der Waals surface area contributed by atoms with Crippen molar-refractivity contribution in [2.75, 3.05) is 33.2 Å². The van der Waals surface area contributed by atoms with Crippen LogP contribution >= 0.6 is 0 Å². The quantitative estimate of drug-likeness (QED) is 0.835. The number of nitrogens with two attached hydrogens (primary N) is 1. The summed E-state index contributed by atoms with van der Waals surface area (Å²) in [6.45, 7) is 6.50. The van der Waals surface area contributed by atoms with Gasteiger partial charge in [0.05, 0.1) is 0 Å². The first-order valence-electron chi connectivity index (χ1n) is 7.79. The molecule has 2 fully saturated rings. The van der Waals surface area contributed by atoms with Crippen LogP contribution in [0.3, 0.4) is 0 Å². The molecule has 1 saturated heterocycles. The van der Waals surface area contributed by atoms with Crippen LogP contribution in [0.5, 0.6) is 0 Å². The summed E-state index contributed by atoms with van der Waals surface area (Å²) in [5, 5.41) is 0. The van der Waals surface area contributed by atoms with Gasteiger partial charge in [-0.2, -0.15) is 0 Å². The summed E-state index contributed by atoms with van der Waals surface area (Å²) in [5.74, 6) is 1.05. The first-order valence-corrected chi connectivity index (χ1v) is 7.79. The summed E-state index contributed by atoms with van der Waals surface area (Å²) >= 11 is 0. The standard InChI is InChI=1S/C15H29N3O/c1-12-9-13(11-14(16)10-12)15(19)17(2)7-8-18-5-3-4-6-18/h12-14H,3-11,16H2,1-2H3. The Kier molecular flexibility index (Phi) is 5.22. The Balaban J connectivity index is 1.77. The molecule has 110 valence electrons. The van der Waals surface area contributed by atoms with Crippen molar-refractivity contribution in [2.24, 2.45) is 17.6 Å². The van der Waals surface area contributed by atoms with E-state index in [9.17, 15) is 4.79 Å². The maximum atomic E-state index is 12.4. The first-order chi connectivity index (χ1) is 9.06. The lowest BCUT2D eigenvalue weighted by Gasteiger charge is -2.33. The van der Waals surface area contributed by atoms with Gasteiger partial charge in [-0.1, -0.05) is 6.92 Å². The Morgan fingerprint density at radius 3 is 2.58 bits per heavy atom. The van der Waals surface area contributed by atoms with Crippen molar-refractivity contribution in [1.82, 2.24) is 9.80 Å². The molecule has 2 N–H and O–H groups in total. The second-order valence-corrected chi connectivity index (χ2v) is 6.58. The molecule has 1 amide bonds. The number of rotatable bonds is 4. The van der Waals surface area contributed by atoms with Crippen molar-refractivity contribution in [1.29, 1.82) is 0 Å². The molecule has 0 spiro atoms. The number of carbonyl (C=O) groups is 1. The molecule has 1 aliphatic heterocycles. The fourth-order valence-corrected chi connectivity index (χ4v) is 3.58. The van der Waals surface area contributed by atoms with E-state index in [2.05, 4.69) is 11.8 Å². The Morgan fingerprint density at radius 1 is 1.26 bits per heavy atom. The molecule has 4 nitrogen and oxygen atoms in total. The van der Waals surface area contributed by atoms with E-state index in [1.54, 1.807) is 0 Å². The highest BCUT2D eigenvalue weighted by atomic mass is 16.2. The molecule has 0 aromatic heterocycles. The van der Waals surface area contributed by atoms with Crippen molar-refractivity contribution in [3.05, 3.63) is 0 Å². The number of hydrogen-bond acceptors (Lipinski definition) is 3. The SMILES string of the molecule is CC1CC(N)CC(C(=O)N(C)CCN2CCCC2)C1. The third-order valence-electron chi connectivity index (χ3n) is 4.66. The Labute approximate surface area is 117 Å². The maximum absolute atomic E-state index is 12.4. The van der Waals surface area contributed by atoms with E-state index < -0.39 is 0 Å². The van der Waals surface area contributed by atoms with Gasteiger partial charge in [0.2, 0.25) is 5.91 Å². The minimum Gasteiger partial charge on any atom is -0.344 e. The summed E-state index contributed by atoms with van der Waals surface area (Å²) in [6.07, 6.45) is 5.58. The molecule has 19 heavy (non-hydrogen) atoms. The Bertz CT molecular complexity index is 292. The predicted molar refractivity (Wildman–Crippen MR) is 77.8 cm³/mol. The van der Waals surface area contributed by atoms with Crippen LogP contribution in [0.1, 0.15) is 39.0 Å². The normalized spacial score (nSPS) is 32.5. The minimum atomic E-state index is 0.155. The molecule has 0 radical (unpaired) electrons. The molecular weight excluding hydrogens is 238 g/mol. The topological polar surface area (TPSA) is 49.6 Å². The van der Waals surface area contributed by atoms with Crippen LogP contribution in [0.25, 0.3) is 0 Å². The molecule has 3 atom stereocenters. The lowest BCUT2D eigenvalue weighted by molar-refractivity contribution is -0.136. The minimum absolute atomic E-state index is 0.155. The fraction of sp³-hybridized carbons (Fsp3) is 0.933. The number of amides is 1. The Hall–Kier alpha value is -0.610. The molecule has 0 aromatic rings. The molecule has 1 saturated carbocycles. The van der Waals surface area contributed by atoms with E-state index in [1.807, 2.05) is 11.9 Å². The molecule has 4 heteroatoms. The maximum Gasteiger partial charge on any atom is 0.225 e. The van der Waals surface area contributed by atoms with E-state index in [1.165, 1.54) is 25.9 Å². The van der Waals surface area contributed by atoms with Gasteiger partial charge >= 0.3 is 0 Å². The van der Waals surface area contributed by atoms with Crippen molar-refractivity contribution in [3.8, 4) is 0 Å². The van der Waals surface area contributed by atoms with Crippen molar-refractivity contribution in [2.45, 2.75) is 45.1 Å². The second kappa shape index (κ2) is 6.71. The van der Waals surface area contributed by atoms with Gasteiger partial charge in [-0.05, 0) is 51.1 Å². The number of likely N-dealkylation sites (N-methyl/N-ethyl adjacent to an activating group) is 1. The third-order valence-corrected chi connectivity index (χ3v) is 4.66. The van der Waals surface area contributed by atoms with Crippen LogP contribution in [-0.4, -0.2) is 55.0 Å². The van der Waals surface area contributed by atoms with Crippen LogP contribution in [-0.2, 0) is 4.79 Å². The van der Waals surface area contributed by atoms with E-state index >= 15 is 0 Å². The lowest BCUT2D eigenvalue weighted by Crippen LogP contribution is -2.43. The summed E-state index contributed by atoms with van der Waals surface area (Å²) in [7, 11) is 1.95. The molecule has 1 heterocycles. The van der Waals surface area contributed by atoms with Gasteiger partial charge in [-0.3, -0.25) is 4.79 Å². The van der Waals surface area contributed by atoms with E-state index in [0.29, 0.717) is 11.8 Å². The van der Waals surface area contributed by atoms with Gasteiger partial charge in [0, 0.05) is 32.1 Å². The highest BCUT2D eigenvalue weighted by Crippen LogP contribution is 2.29. The smallest absolute Gasteiger partial charge is 0.225 e. The average Bonchev–Trinajstić information content (AvgIpc) is 2.87. The van der Waals surface area contributed by atoms with E-state index in [4.69, 9.17) is 5.73 Å². The molecule has 2 rings (SSSR count). The molecule has 0 bridgehead atoms. The predicted octanol–water partition coefficient (Wildman–Crippen LogP) is 1.30. The highest BCUT2D eigenvalue weighted by Gasteiger charge is 2.31. The monoisotopic (exact) mass is 267 g/mol. The van der Waals surface area contributed by atoms with Gasteiger partial charge < -0.3 is 15.5 Å². The van der Waals surface area contributed by atoms with E-state index in [-0.39, 0.29) is 12.0 Å². The molecule has 0 aromatic carbocycles. The van der Waals surface area contributed by atoms with Gasteiger partial charge in [-0.15, -0.1) is 0 Å². The van der Waals surface area contributed by atoms with Gasteiger partial charge in [0.25, 0.3) is 0 Å². The lowest BCUT2D eigenvalue weighted by atomic mass is 9.79. The zero-order valence-electron chi connectivity index (χ0n) is 12.5. The first kappa shape index (κ1) is 14.8. The number of carbonyl (C=O) groups excluding carboxylic acids is 1. The van der Waals surface area contributed by atoms with Crippen LogP contribution in [0.2, 0.25) is 0 Å². The average molecular weight is 267 g/mol. The van der Waals surface area contributed by atoms with Crippen LogP contribution in [0.4, 0.5) is 0 Å². The van der Waals surface area contributed by atoms with Gasteiger partial charge in [0.15, 0.2) is 0 Å². The molecule has 3 unspecified atom stereocenters. The second-order valence-electron chi connectivity index (χ2n) is 6.58. The van der Waals surface area contributed by atoms with Gasteiger partial charge in [-0.25, -0.2) is 0 Å². The summed E-state index contributed by atoms with van der Waals surface area (Å²) in [4.78, 5) is 16.8. The third kappa shape index (κ3) is 4.18. The number of likely N-dealkylation sites (tertiary alicyclic amines) is 1. The fourth-order valence-electron chi connectivity index (χ4n) is 3.58. The highest BCUT2D eigenvalue weighted by molar-refractivity contribution is 5.78. The number of nitrogens with zero attached hydrogens (tertiary/aromatic N) is 2. The van der Waals surface area contributed by atoms with Crippen LogP contribution < -0.4 is 5.73 Å². The summed E-state index contributed by atoms with van der Waals surface area (Å²) in [6, 6.07) is 0.213. The molecule has 2 aliphatic rings. The molecular formula is C15H29N3O. The number of hydrogen-bond donors (Lipinski definition) is 1. The summed E-state index contributed by atoms with van der Waals surface area (Å²) in [5.41, 5.74) is 6.05. The van der Waals surface area contributed by atoms with Crippen molar-refractivity contribution >= 4 is 5.91 Å². The van der Waals surface area contributed by atoms with Crippen LogP contribution in [0, 0.1) is 11.8 Å².